The summed E-state index contributed by atoms with van der Waals surface area (Å²) in [4.78, 5) is 22.8. The van der Waals surface area contributed by atoms with Crippen molar-refractivity contribution >= 4 is 22.8 Å². The highest BCUT2D eigenvalue weighted by Crippen LogP contribution is 2.14. The van der Waals surface area contributed by atoms with E-state index in [2.05, 4.69) is 6.92 Å². The number of thioether (sulfide) groups is 1. The summed E-state index contributed by atoms with van der Waals surface area (Å²) in [6.45, 7) is 4.15. The highest BCUT2D eigenvalue weighted by atomic mass is 32.2. The zero-order chi connectivity index (χ0) is 12.7. The van der Waals surface area contributed by atoms with Gasteiger partial charge in [-0.3, -0.25) is 9.59 Å². The Morgan fingerprint density at radius 2 is 1.82 bits per heavy atom. The lowest BCUT2D eigenvalue weighted by molar-refractivity contribution is -0.139. The topological polar surface area (TPSA) is 43.4 Å². The molecule has 0 radical (unpaired) electrons. The first-order valence-corrected chi connectivity index (χ1v) is 6.57. The molecule has 0 spiro atoms. The smallest absolute Gasteiger partial charge is 0.316 e. The van der Waals surface area contributed by atoms with E-state index in [0.29, 0.717) is 12.2 Å². The number of carbonyl (C=O) groups is 2. The molecule has 0 bridgehead atoms. The van der Waals surface area contributed by atoms with Gasteiger partial charge in [0.2, 0.25) is 5.12 Å². The van der Waals surface area contributed by atoms with Crippen LogP contribution in [0.15, 0.2) is 24.3 Å². The molecule has 1 aromatic carbocycles. The zero-order valence-corrected chi connectivity index (χ0v) is 10.9. The van der Waals surface area contributed by atoms with Crippen LogP contribution >= 0.6 is 11.8 Å². The van der Waals surface area contributed by atoms with E-state index in [9.17, 15) is 9.59 Å². The summed E-state index contributed by atoms with van der Waals surface area (Å²) in [6.07, 6.45) is 0.949. The Hall–Kier alpha value is -1.29. The first-order valence-electron chi connectivity index (χ1n) is 5.59. The number of benzene rings is 1. The second-order valence-corrected chi connectivity index (χ2v) is 4.38. The van der Waals surface area contributed by atoms with Crippen LogP contribution in [0.2, 0.25) is 0 Å². The molecule has 0 aliphatic carbocycles. The van der Waals surface area contributed by atoms with Crippen LogP contribution in [0.25, 0.3) is 0 Å². The molecule has 0 N–H and O–H groups in total. The van der Waals surface area contributed by atoms with Gasteiger partial charge in [0.25, 0.3) is 0 Å². The van der Waals surface area contributed by atoms with Crippen molar-refractivity contribution in [2.45, 2.75) is 20.3 Å². The summed E-state index contributed by atoms with van der Waals surface area (Å²) in [6, 6.07) is 7.44. The lowest BCUT2D eigenvalue weighted by atomic mass is 10.1. The van der Waals surface area contributed by atoms with Crippen LogP contribution in [0.5, 0.6) is 0 Å². The lowest BCUT2D eigenvalue weighted by Crippen LogP contribution is -2.08. The Balaban J connectivity index is 2.49. The standard InChI is InChI=1S/C13H16O3S/c1-3-10-5-7-11(8-6-10)13(15)17-9-12(14)16-4-2/h5-8H,3-4,9H2,1-2H3. The number of ether oxygens (including phenoxy) is 1. The van der Waals surface area contributed by atoms with Crippen molar-refractivity contribution in [3.05, 3.63) is 35.4 Å². The summed E-state index contributed by atoms with van der Waals surface area (Å²) < 4.78 is 4.75. The molecule has 0 aliphatic heterocycles. The van der Waals surface area contributed by atoms with Gasteiger partial charge in [0.1, 0.15) is 0 Å². The maximum Gasteiger partial charge on any atom is 0.316 e. The highest BCUT2D eigenvalue weighted by molar-refractivity contribution is 8.14. The van der Waals surface area contributed by atoms with E-state index in [1.165, 1.54) is 5.56 Å². The van der Waals surface area contributed by atoms with Crippen LogP contribution in [0.1, 0.15) is 29.8 Å². The predicted molar refractivity (Wildman–Crippen MR) is 69.2 cm³/mol. The third-order valence-electron chi connectivity index (χ3n) is 2.22. The Kier molecular flexibility index (Phi) is 5.77. The number of hydrogen-bond acceptors (Lipinski definition) is 4. The van der Waals surface area contributed by atoms with Gasteiger partial charge in [-0.15, -0.1) is 0 Å². The SMILES string of the molecule is CCOC(=O)CSC(=O)c1ccc(CC)cc1. The third-order valence-corrected chi connectivity index (χ3v) is 3.10. The van der Waals surface area contributed by atoms with Crippen LogP contribution < -0.4 is 0 Å². The number of carbonyl (C=O) groups excluding carboxylic acids is 2. The van der Waals surface area contributed by atoms with Gasteiger partial charge in [-0.2, -0.15) is 0 Å². The summed E-state index contributed by atoms with van der Waals surface area (Å²) in [7, 11) is 0. The van der Waals surface area contributed by atoms with Gasteiger partial charge in [0.05, 0.1) is 12.4 Å². The molecule has 0 atom stereocenters. The summed E-state index contributed by atoms with van der Waals surface area (Å²) in [5.74, 6) is -0.279. The van der Waals surface area contributed by atoms with Gasteiger partial charge in [0.15, 0.2) is 0 Å². The van der Waals surface area contributed by atoms with Crippen molar-refractivity contribution in [2.75, 3.05) is 12.4 Å². The maximum atomic E-state index is 11.7. The molecule has 92 valence electrons. The summed E-state index contributed by atoms with van der Waals surface area (Å²) >= 11 is 0.978. The number of hydrogen-bond donors (Lipinski definition) is 0. The predicted octanol–water partition coefficient (Wildman–Crippen LogP) is 2.69. The van der Waals surface area contributed by atoms with Gasteiger partial charge in [-0.05, 0) is 18.9 Å². The molecule has 0 saturated heterocycles. The molecule has 17 heavy (non-hydrogen) atoms. The normalized spacial score (nSPS) is 10.0. The van der Waals surface area contributed by atoms with E-state index in [4.69, 9.17) is 4.74 Å². The molecule has 1 aromatic rings. The minimum atomic E-state index is -0.351. The Bertz CT molecular complexity index is 384. The Morgan fingerprint density at radius 3 is 2.35 bits per heavy atom. The van der Waals surface area contributed by atoms with E-state index in [0.717, 1.165) is 18.2 Å². The highest BCUT2D eigenvalue weighted by Gasteiger charge is 2.10. The fourth-order valence-corrected chi connectivity index (χ4v) is 1.92. The molecule has 0 heterocycles. The van der Waals surface area contributed by atoms with Crippen LogP contribution in [0.4, 0.5) is 0 Å². The quantitative estimate of drug-likeness (QED) is 0.756. The number of aryl methyl sites for hydroxylation is 1. The molecule has 3 nitrogen and oxygen atoms in total. The summed E-state index contributed by atoms with van der Waals surface area (Å²) in [5, 5.41) is -0.0966. The second-order valence-electron chi connectivity index (χ2n) is 3.43. The molecule has 0 fully saturated rings. The van der Waals surface area contributed by atoms with E-state index in [-0.39, 0.29) is 16.8 Å². The Labute approximate surface area is 106 Å². The molecular formula is C13H16O3S. The minimum Gasteiger partial charge on any atom is -0.465 e. The van der Waals surface area contributed by atoms with E-state index < -0.39 is 0 Å². The van der Waals surface area contributed by atoms with Crippen molar-refractivity contribution in [1.82, 2.24) is 0 Å². The van der Waals surface area contributed by atoms with Crippen molar-refractivity contribution in [3.63, 3.8) is 0 Å². The van der Waals surface area contributed by atoms with Crippen molar-refractivity contribution in [3.8, 4) is 0 Å². The first-order chi connectivity index (χ1) is 8.17. The van der Waals surface area contributed by atoms with Crippen molar-refractivity contribution in [2.24, 2.45) is 0 Å². The van der Waals surface area contributed by atoms with E-state index in [1.807, 2.05) is 12.1 Å². The second kappa shape index (κ2) is 7.12. The molecule has 0 saturated carbocycles. The molecule has 4 heteroatoms. The van der Waals surface area contributed by atoms with Crippen LogP contribution in [-0.2, 0) is 16.0 Å². The van der Waals surface area contributed by atoms with Gasteiger partial charge < -0.3 is 4.74 Å². The van der Waals surface area contributed by atoms with Crippen LogP contribution in [0, 0.1) is 0 Å². The monoisotopic (exact) mass is 252 g/mol. The summed E-state index contributed by atoms with van der Waals surface area (Å²) in [5.41, 5.74) is 1.81. The maximum absolute atomic E-state index is 11.7. The lowest BCUT2D eigenvalue weighted by Gasteiger charge is -2.02. The van der Waals surface area contributed by atoms with E-state index in [1.54, 1.807) is 19.1 Å². The zero-order valence-electron chi connectivity index (χ0n) is 10.1. The Morgan fingerprint density at radius 1 is 1.18 bits per heavy atom. The van der Waals surface area contributed by atoms with Gasteiger partial charge >= 0.3 is 5.97 Å². The van der Waals surface area contributed by atoms with Gasteiger partial charge in [0, 0.05) is 5.56 Å². The fourth-order valence-electron chi connectivity index (χ4n) is 1.29. The molecule has 0 amide bonds. The first kappa shape index (κ1) is 13.8. The minimum absolute atomic E-state index is 0.0716. The average Bonchev–Trinajstić information content (AvgIpc) is 2.36. The van der Waals surface area contributed by atoms with Crippen molar-refractivity contribution < 1.29 is 14.3 Å². The fraction of sp³-hybridized carbons (Fsp3) is 0.385. The molecule has 0 unspecified atom stereocenters. The molecule has 0 aromatic heterocycles. The van der Waals surface area contributed by atoms with Crippen LogP contribution in [0.3, 0.4) is 0 Å². The van der Waals surface area contributed by atoms with Crippen LogP contribution in [-0.4, -0.2) is 23.4 Å². The number of rotatable bonds is 5. The number of esters is 1. The van der Waals surface area contributed by atoms with E-state index >= 15 is 0 Å². The van der Waals surface area contributed by atoms with Crippen molar-refractivity contribution in [1.29, 1.82) is 0 Å². The average molecular weight is 252 g/mol. The molecular weight excluding hydrogens is 236 g/mol. The third kappa shape index (κ3) is 4.61. The van der Waals surface area contributed by atoms with Gasteiger partial charge in [-0.1, -0.05) is 43.0 Å². The largest absolute Gasteiger partial charge is 0.465 e. The molecule has 0 aliphatic rings. The molecule has 1 rings (SSSR count). The van der Waals surface area contributed by atoms with Gasteiger partial charge in [-0.25, -0.2) is 0 Å².